The molecule has 2 aliphatic heterocycles. The zero-order valence-corrected chi connectivity index (χ0v) is 13.2. The number of morpholine rings is 1. The topological polar surface area (TPSA) is 74.5 Å². The van der Waals surface area contributed by atoms with Gasteiger partial charge in [-0.25, -0.2) is 4.68 Å². The summed E-state index contributed by atoms with van der Waals surface area (Å²) in [7, 11) is 0. The van der Waals surface area contributed by atoms with E-state index in [1.54, 1.807) is 4.68 Å². The highest BCUT2D eigenvalue weighted by Gasteiger charge is 2.20. The van der Waals surface area contributed by atoms with E-state index in [0.29, 0.717) is 49.5 Å². The van der Waals surface area contributed by atoms with Gasteiger partial charge in [-0.2, -0.15) is 0 Å². The Kier molecular flexibility index (Phi) is 3.92. The van der Waals surface area contributed by atoms with E-state index < -0.39 is 0 Å². The molecule has 0 atom stereocenters. The van der Waals surface area contributed by atoms with Crippen LogP contribution in [0, 0.1) is 0 Å². The Hall–Kier alpha value is -2.06. The number of aromatic nitrogens is 4. The number of fused-ring (bicyclic) bond motifs is 1. The van der Waals surface area contributed by atoms with Crippen molar-refractivity contribution in [2.75, 3.05) is 44.4 Å². The van der Waals surface area contributed by atoms with Crippen LogP contribution >= 0.6 is 11.6 Å². The van der Waals surface area contributed by atoms with Crippen LogP contribution in [0.1, 0.15) is 5.56 Å². The molecular weight excluding hydrogens is 322 g/mol. The van der Waals surface area contributed by atoms with Gasteiger partial charge in [0.2, 0.25) is 5.95 Å². The number of benzene rings is 1. The van der Waals surface area contributed by atoms with Gasteiger partial charge < -0.3 is 19.1 Å². The zero-order valence-electron chi connectivity index (χ0n) is 12.4. The third-order valence-electron chi connectivity index (χ3n) is 3.80. The summed E-state index contributed by atoms with van der Waals surface area (Å²) in [6.07, 6.45) is 0. The monoisotopic (exact) mass is 337 g/mol. The van der Waals surface area contributed by atoms with E-state index in [9.17, 15) is 0 Å². The van der Waals surface area contributed by atoms with Crippen molar-refractivity contribution in [2.45, 2.75) is 6.54 Å². The molecule has 0 saturated carbocycles. The lowest BCUT2D eigenvalue weighted by Gasteiger charge is -2.27. The van der Waals surface area contributed by atoms with Gasteiger partial charge in [-0.3, -0.25) is 0 Å². The van der Waals surface area contributed by atoms with Crippen LogP contribution in [0.4, 0.5) is 5.95 Å². The van der Waals surface area contributed by atoms with Gasteiger partial charge in [0.25, 0.3) is 0 Å². The zero-order chi connectivity index (χ0) is 15.6. The molecule has 0 aliphatic carbocycles. The third-order valence-corrected chi connectivity index (χ3v) is 4.08. The first-order chi connectivity index (χ1) is 11.3. The summed E-state index contributed by atoms with van der Waals surface area (Å²) >= 11 is 6.28. The average Bonchev–Trinajstić information content (AvgIpc) is 3.04. The molecule has 1 saturated heterocycles. The molecular formula is C14H16ClN5O3. The predicted molar refractivity (Wildman–Crippen MR) is 82.4 cm³/mol. The molecule has 0 unspecified atom stereocenters. The van der Waals surface area contributed by atoms with Crippen LogP contribution in [0.2, 0.25) is 5.02 Å². The van der Waals surface area contributed by atoms with Crippen LogP contribution in [0.3, 0.4) is 0 Å². The Morgan fingerprint density at radius 3 is 2.78 bits per heavy atom. The minimum absolute atomic E-state index is 0.510. The quantitative estimate of drug-likeness (QED) is 0.826. The standard InChI is InChI=1S/C14H16ClN5O3/c15-11-7-10(8-12-13(11)23-6-5-22-12)9-20-14(16-17-18-20)19-1-3-21-4-2-19/h7-8H,1-6,9H2. The summed E-state index contributed by atoms with van der Waals surface area (Å²) in [5.74, 6) is 2.01. The van der Waals surface area contributed by atoms with Gasteiger partial charge >= 0.3 is 0 Å². The van der Waals surface area contributed by atoms with Crippen molar-refractivity contribution in [1.29, 1.82) is 0 Å². The first-order valence-corrected chi connectivity index (χ1v) is 7.86. The maximum atomic E-state index is 6.28. The normalized spacial score (nSPS) is 17.3. The third kappa shape index (κ3) is 2.91. The van der Waals surface area contributed by atoms with Crippen molar-refractivity contribution in [3.05, 3.63) is 22.7 Å². The second-order valence-corrected chi connectivity index (χ2v) is 5.74. The number of hydrogen-bond acceptors (Lipinski definition) is 7. The molecule has 0 spiro atoms. The fourth-order valence-corrected chi connectivity index (χ4v) is 3.01. The second kappa shape index (κ2) is 6.21. The Morgan fingerprint density at radius 1 is 1.09 bits per heavy atom. The Morgan fingerprint density at radius 2 is 1.91 bits per heavy atom. The Labute approximate surface area is 137 Å². The molecule has 2 aliphatic rings. The molecule has 0 amide bonds. The van der Waals surface area contributed by atoms with Crippen LogP contribution in [0.5, 0.6) is 11.5 Å². The molecule has 23 heavy (non-hydrogen) atoms. The van der Waals surface area contributed by atoms with Crippen molar-refractivity contribution in [1.82, 2.24) is 20.2 Å². The molecule has 0 radical (unpaired) electrons. The van der Waals surface area contributed by atoms with E-state index in [4.69, 9.17) is 25.8 Å². The summed E-state index contributed by atoms with van der Waals surface area (Å²) in [6.45, 7) is 4.48. The number of tetrazole rings is 1. The molecule has 0 N–H and O–H groups in total. The maximum absolute atomic E-state index is 6.28. The predicted octanol–water partition coefficient (Wildman–Crippen LogP) is 0.983. The number of halogens is 1. The van der Waals surface area contributed by atoms with Crippen molar-refractivity contribution in [3.8, 4) is 11.5 Å². The van der Waals surface area contributed by atoms with Gasteiger partial charge in [-0.1, -0.05) is 16.7 Å². The van der Waals surface area contributed by atoms with Crippen molar-refractivity contribution in [3.63, 3.8) is 0 Å². The molecule has 9 heteroatoms. The van der Waals surface area contributed by atoms with E-state index in [0.717, 1.165) is 24.6 Å². The van der Waals surface area contributed by atoms with E-state index in [-0.39, 0.29) is 0 Å². The summed E-state index contributed by atoms with van der Waals surface area (Å²) < 4.78 is 18.3. The Balaban J connectivity index is 1.59. The smallest absolute Gasteiger partial charge is 0.246 e. The summed E-state index contributed by atoms with van der Waals surface area (Å²) in [6, 6.07) is 3.78. The molecule has 1 aromatic carbocycles. The van der Waals surface area contributed by atoms with Gasteiger partial charge in [-0.15, -0.1) is 0 Å². The van der Waals surface area contributed by atoms with Gasteiger partial charge in [0, 0.05) is 13.1 Å². The lowest BCUT2D eigenvalue weighted by atomic mass is 10.2. The van der Waals surface area contributed by atoms with Gasteiger partial charge in [0.05, 0.1) is 24.8 Å². The largest absolute Gasteiger partial charge is 0.486 e. The van der Waals surface area contributed by atoms with E-state index in [1.165, 1.54) is 0 Å². The molecule has 4 rings (SSSR count). The van der Waals surface area contributed by atoms with Gasteiger partial charge in [-0.05, 0) is 28.1 Å². The van der Waals surface area contributed by atoms with Crippen LogP contribution in [0.25, 0.3) is 0 Å². The van der Waals surface area contributed by atoms with E-state index in [1.807, 2.05) is 12.1 Å². The molecule has 8 nitrogen and oxygen atoms in total. The van der Waals surface area contributed by atoms with Crippen LogP contribution in [0.15, 0.2) is 12.1 Å². The molecule has 2 aromatic rings. The van der Waals surface area contributed by atoms with E-state index in [2.05, 4.69) is 20.4 Å². The molecule has 122 valence electrons. The van der Waals surface area contributed by atoms with Crippen LogP contribution in [-0.4, -0.2) is 59.7 Å². The fraction of sp³-hybridized carbons (Fsp3) is 0.500. The second-order valence-electron chi connectivity index (χ2n) is 5.34. The minimum Gasteiger partial charge on any atom is -0.486 e. The molecule has 1 fully saturated rings. The number of ether oxygens (including phenoxy) is 3. The summed E-state index contributed by atoms with van der Waals surface area (Å²) in [5.41, 5.74) is 0.959. The fourth-order valence-electron chi connectivity index (χ4n) is 2.72. The van der Waals surface area contributed by atoms with Gasteiger partial charge in [0.15, 0.2) is 11.5 Å². The summed E-state index contributed by atoms with van der Waals surface area (Å²) in [4.78, 5) is 2.11. The highest BCUT2D eigenvalue weighted by molar-refractivity contribution is 6.32. The number of hydrogen-bond donors (Lipinski definition) is 0. The lowest BCUT2D eigenvalue weighted by molar-refractivity contribution is 0.121. The van der Waals surface area contributed by atoms with Crippen LogP contribution in [-0.2, 0) is 11.3 Å². The maximum Gasteiger partial charge on any atom is 0.246 e. The van der Waals surface area contributed by atoms with Crippen molar-refractivity contribution in [2.24, 2.45) is 0 Å². The number of nitrogens with zero attached hydrogens (tertiary/aromatic N) is 5. The first-order valence-electron chi connectivity index (χ1n) is 7.48. The van der Waals surface area contributed by atoms with Crippen LogP contribution < -0.4 is 14.4 Å². The first kappa shape index (κ1) is 14.5. The highest BCUT2D eigenvalue weighted by Crippen LogP contribution is 2.38. The lowest BCUT2D eigenvalue weighted by Crippen LogP contribution is -2.38. The summed E-state index contributed by atoms with van der Waals surface area (Å²) in [5, 5.41) is 12.6. The highest BCUT2D eigenvalue weighted by atomic mass is 35.5. The SMILES string of the molecule is Clc1cc(Cn2nnnc2N2CCOCC2)cc2c1OCCO2. The van der Waals surface area contributed by atoms with Gasteiger partial charge in [0.1, 0.15) is 13.2 Å². The minimum atomic E-state index is 0.510. The number of anilines is 1. The number of rotatable bonds is 3. The van der Waals surface area contributed by atoms with E-state index >= 15 is 0 Å². The molecule has 3 heterocycles. The Bertz CT molecular complexity index is 702. The van der Waals surface area contributed by atoms with Crippen molar-refractivity contribution >= 4 is 17.5 Å². The van der Waals surface area contributed by atoms with Crippen molar-refractivity contribution < 1.29 is 14.2 Å². The molecule has 1 aromatic heterocycles. The average molecular weight is 338 g/mol. The molecule has 0 bridgehead atoms.